The highest BCUT2D eigenvalue weighted by Gasteiger charge is 2.32. The van der Waals surface area contributed by atoms with Crippen LogP contribution in [0.4, 0.5) is 10.5 Å². The largest absolute Gasteiger partial charge is 0.465 e. The van der Waals surface area contributed by atoms with Crippen LogP contribution in [0.25, 0.3) is 22.2 Å². The number of nitrogens with one attached hydrogen (secondary N) is 1. The molecular formula is C25H27N3O5S. The van der Waals surface area contributed by atoms with E-state index in [1.807, 2.05) is 35.1 Å². The normalized spacial score (nSPS) is 16.6. The highest BCUT2D eigenvalue weighted by molar-refractivity contribution is 7.89. The van der Waals surface area contributed by atoms with Crippen LogP contribution in [0.2, 0.25) is 0 Å². The van der Waals surface area contributed by atoms with Gasteiger partial charge in [-0.1, -0.05) is 43.5 Å². The molecule has 5 rings (SSSR count). The molecule has 0 spiro atoms. The minimum absolute atomic E-state index is 0.251. The first-order chi connectivity index (χ1) is 16.2. The van der Waals surface area contributed by atoms with Gasteiger partial charge < -0.3 is 9.67 Å². The third-order valence-corrected chi connectivity index (χ3v) is 7.44. The second kappa shape index (κ2) is 8.47. The van der Waals surface area contributed by atoms with E-state index in [-0.39, 0.29) is 12.1 Å². The number of hydrogen-bond donors (Lipinski definition) is 2. The Bertz CT molecular complexity index is 1400. The van der Waals surface area contributed by atoms with Gasteiger partial charge in [-0.25, -0.2) is 17.9 Å². The molecule has 2 aromatic carbocycles. The number of amides is 2. The van der Waals surface area contributed by atoms with E-state index >= 15 is 0 Å². The summed E-state index contributed by atoms with van der Waals surface area (Å²) in [6.07, 6.45) is 5.58. The van der Waals surface area contributed by atoms with Crippen LogP contribution >= 0.6 is 0 Å². The van der Waals surface area contributed by atoms with Crippen molar-refractivity contribution in [1.82, 2.24) is 9.29 Å². The molecule has 2 aliphatic rings. The number of fused-ring (bicyclic) bond motifs is 5. The highest BCUT2D eigenvalue weighted by atomic mass is 32.2. The monoisotopic (exact) mass is 481 g/mol. The van der Waals surface area contributed by atoms with Crippen molar-refractivity contribution in [3.8, 4) is 11.3 Å². The first kappa shape index (κ1) is 22.5. The molecule has 2 heterocycles. The van der Waals surface area contributed by atoms with Gasteiger partial charge >= 0.3 is 6.09 Å². The van der Waals surface area contributed by atoms with Gasteiger partial charge in [-0.3, -0.25) is 9.69 Å². The molecule has 1 aliphatic carbocycles. The van der Waals surface area contributed by atoms with Gasteiger partial charge in [0, 0.05) is 35.1 Å². The zero-order valence-corrected chi connectivity index (χ0v) is 19.8. The van der Waals surface area contributed by atoms with Crippen LogP contribution in [-0.4, -0.2) is 42.9 Å². The quantitative estimate of drug-likeness (QED) is 0.571. The van der Waals surface area contributed by atoms with Crippen LogP contribution in [0.1, 0.15) is 53.9 Å². The summed E-state index contributed by atoms with van der Waals surface area (Å²) in [6.45, 7) is 0.698. The van der Waals surface area contributed by atoms with Crippen molar-refractivity contribution >= 4 is 38.6 Å². The molecule has 0 atom stereocenters. The van der Waals surface area contributed by atoms with E-state index in [1.54, 1.807) is 12.1 Å². The Labute approximate surface area is 198 Å². The van der Waals surface area contributed by atoms with E-state index in [4.69, 9.17) is 0 Å². The topological polar surface area (TPSA) is 109 Å². The molecule has 2 N–H and O–H groups in total. The van der Waals surface area contributed by atoms with E-state index in [2.05, 4.69) is 4.57 Å². The van der Waals surface area contributed by atoms with Gasteiger partial charge in [-0.05, 0) is 42.5 Å². The van der Waals surface area contributed by atoms with E-state index in [9.17, 15) is 23.1 Å². The molecule has 9 heteroatoms. The third-order valence-electron chi connectivity index (χ3n) is 6.89. The van der Waals surface area contributed by atoms with Crippen LogP contribution in [0.5, 0.6) is 0 Å². The number of anilines is 1. The maximum Gasteiger partial charge on any atom is 0.411 e. The average molecular weight is 482 g/mol. The van der Waals surface area contributed by atoms with E-state index in [0.29, 0.717) is 18.2 Å². The number of carboxylic acid groups (broad SMARTS) is 1. The number of benzene rings is 2. The maximum atomic E-state index is 12.6. The Morgan fingerprint density at radius 1 is 1.03 bits per heavy atom. The fourth-order valence-electron chi connectivity index (χ4n) is 5.50. The highest BCUT2D eigenvalue weighted by Crippen LogP contribution is 2.47. The lowest BCUT2D eigenvalue weighted by Crippen LogP contribution is -2.31. The summed E-state index contributed by atoms with van der Waals surface area (Å²) >= 11 is 0. The lowest BCUT2D eigenvalue weighted by Gasteiger charge is -2.24. The van der Waals surface area contributed by atoms with Gasteiger partial charge in [0.25, 0.3) is 5.91 Å². The van der Waals surface area contributed by atoms with Crippen molar-refractivity contribution in [3.05, 3.63) is 53.6 Å². The Kier molecular flexibility index (Phi) is 5.59. The molecule has 3 aromatic rings. The summed E-state index contributed by atoms with van der Waals surface area (Å²) in [5.41, 5.74) is 4.79. The Balaban J connectivity index is 1.77. The Hall–Kier alpha value is -3.33. The Morgan fingerprint density at radius 2 is 1.76 bits per heavy atom. The number of aromatic nitrogens is 1. The van der Waals surface area contributed by atoms with Crippen molar-refractivity contribution in [3.63, 3.8) is 0 Å². The molecule has 2 amide bonds. The van der Waals surface area contributed by atoms with Crippen LogP contribution in [0.15, 0.2) is 42.5 Å². The molecule has 1 fully saturated rings. The molecular weight excluding hydrogens is 454 g/mol. The number of carbonyl (C=O) groups excluding carboxylic acids is 1. The maximum absolute atomic E-state index is 12.6. The summed E-state index contributed by atoms with van der Waals surface area (Å²) in [4.78, 5) is 26.1. The average Bonchev–Trinajstić information content (AvgIpc) is 3.01. The van der Waals surface area contributed by atoms with Crippen LogP contribution in [0.3, 0.4) is 0 Å². The molecule has 0 bridgehead atoms. The summed E-state index contributed by atoms with van der Waals surface area (Å²) in [5.74, 6) is -0.340. The molecule has 0 saturated heterocycles. The van der Waals surface area contributed by atoms with Crippen molar-refractivity contribution in [2.45, 2.75) is 44.6 Å². The molecule has 8 nitrogen and oxygen atoms in total. The first-order valence-electron chi connectivity index (χ1n) is 11.5. The van der Waals surface area contributed by atoms with Gasteiger partial charge in [0.15, 0.2) is 0 Å². The van der Waals surface area contributed by atoms with E-state index in [0.717, 1.165) is 54.1 Å². The van der Waals surface area contributed by atoms with Gasteiger partial charge in [-0.15, -0.1) is 0 Å². The van der Waals surface area contributed by atoms with Gasteiger partial charge in [0.05, 0.1) is 17.6 Å². The fraction of sp³-hybridized carbons (Fsp3) is 0.360. The summed E-state index contributed by atoms with van der Waals surface area (Å²) in [5, 5.41) is 10.9. The molecule has 0 unspecified atom stereocenters. The number of para-hydroxylation sites is 1. The summed E-state index contributed by atoms with van der Waals surface area (Å²) < 4.78 is 27.4. The van der Waals surface area contributed by atoms with Crippen LogP contribution < -0.4 is 9.62 Å². The van der Waals surface area contributed by atoms with E-state index < -0.39 is 22.0 Å². The predicted molar refractivity (Wildman–Crippen MR) is 131 cm³/mol. The van der Waals surface area contributed by atoms with Crippen molar-refractivity contribution in [2.24, 2.45) is 0 Å². The molecule has 178 valence electrons. The number of hydrogen-bond acceptors (Lipinski definition) is 4. The standard InChI is InChI=1S/C25H27N3O5S/c1-34(32,33)26-24(29)17-11-12-18-21(15-17)27-13-14-28(25(30)31)20-10-6-5-9-19(20)23(27)22(18)16-7-3-2-4-8-16/h5-6,9-12,15-16H,2-4,7-8,13-14H2,1H3,(H,26,29)(H,30,31). The lowest BCUT2D eigenvalue weighted by molar-refractivity contribution is 0.0981. The minimum Gasteiger partial charge on any atom is -0.465 e. The minimum atomic E-state index is -3.69. The second-order valence-corrected chi connectivity index (χ2v) is 10.9. The van der Waals surface area contributed by atoms with Crippen LogP contribution in [0, 0.1) is 0 Å². The molecule has 0 radical (unpaired) electrons. The van der Waals surface area contributed by atoms with Crippen LogP contribution in [-0.2, 0) is 16.6 Å². The summed E-state index contributed by atoms with van der Waals surface area (Å²) in [6, 6.07) is 12.9. The number of carbonyl (C=O) groups is 2. The summed E-state index contributed by atoms with van der Waals surface area (Å²) in [7, 11) is -3.69. The van der Waals surface area contributed by atoms with E-state index in [1.165, 1.54) is 16.9 Å². The van der Waals surface area contributed by atoms with Gasteiger partial charge in [0.2, 0.25) is 10.0 Å². The smallest absolute Gasteiger partial charge is 0.411 e. The zero-order valence-electron chi connectivity index (χ0n) is 19.0. The van der Waals surface area contributed by atoms with Crippen molar-refractivity contribution < 1.29 is 23.1 Å². The number of nitrogens with zero attached hydrogens (tertiary/aromatic N) is 2. The molecule has 1 saturated carbocycles. The molecule has 34 heavy (non-hydrogen) atoms. The predicted octanol–water partition coefficient (Wildman–Crippen LogP) is 4.54. The molecule has 1 aliphatic heterocycles. The first-order valence-corrected chi connectivity index (χ1v) is 13.4. The lowest BCUT2D eigenvalue weighted by atomic mass is 9.81. The SMILES string of the molecule is CS(=O)(=O)NC(=O)c1ccc2c(C3CCCCC3)c3n(c2c1)CCN(C(=O)O)c1ccccc1-3. The van der Waals surface area contributed by atoms with Crippen molar-refractivity contribution in [2.75, 3.05) is 17.7 Å². The number of rotatable bonds is 3. The third kappa shape index (κ3) is 3.94. The van der Waals surface area contributed by atoms with Gasteiger partial charge in [-0.2, -0.15) is 0 Å². The second-order valence-electron chi connectivity index (χ2n) is 9.14. The molecule has 1 aromatic heterocycles. The van der Waals surface area contributed by atoms with Crippen molar-refractivity contribution in [1.29, 1.82) is 0 Å². The number of sulfonamides is 1. The Morgan fingerprint density at radius 3 is 2.47 bits per heavy atom. The van der Waals surface area contributed by atoms with Gasteiger partial charge in [0.1, 0.15) is 0 Å². The fourth-order valence-corrected chi connectivity index (χ4v) is 5.95. The zero-order chi connectivity index (χ0) is 24.0.